The van der Waals surface area contributed by atoms with Gasteiger partial charge in [0.1, 0.15) is 17.2 Å². The number of rotatable bonds is 8. The summed E-state index contributed by atoms with van der Waals surface area (Å²) >= 11 is 12.3. The van der Waals surface area contributed by atoms with E-state index in [2.05, 4.69) is 5.32 Å². The van der Waals surface area contributed by atoms with Gasteiger partial charge in [-0.15, -0.1) is 0 Å². The van der Waals surface area contributed by atoms with E-state index in [-0.39, 0.29) is 44.8 Å². The number of phenolic OH excluding ortho intramolecular Hbond substituents is 1. The number of methoxy groups -OCH3 is 2. The molecule has 3 rings (SSSR count). The van der Waals surface area contributed by atoms with Gasteiger partial charge in [0, 0.05) is 6.42 Å². The van der Waals surface area contributed by atoms with Gasteiger partial charge < -0.3 is 25.0 Å². The van der Waals surface area contributed by atoms with Gasteiger partial charge >= 0.3 is 5.97 Å². The van der Waals surface area contributed by atoms with Crippen LogP contribution in [0.3, 0.4) is 0 Å². The van der Waals surface area contributed by atoms with Crippen molar-refractivity contribution in [1.82, 2.24) is 5.32 Å². The molecule has 9 heteroatoms. The SMILES string of the molecule is COc1cccc(OC)c1[C@@](Cc1ccccc1)(NC(=O)c1c(Cl)cc(O)cc1Cl)C(=O)O. The Hall–Kier alpha value is -3.42. The minimum Gasteiger partial charge on any atom is -0.508 e. The highest BCUT2D eigenvalue weighted by molar-refractivity contribution is 6.40. The lowest BCUT2D eigenvalue weighted by Crippen LogP contribution is -2.54. The topological polar surface area (TPSA) is 105 Å². The van der Waals surface area contributed by atoms with Crippen LogP contribution in [0.15, 0.2) is 60.7 Å². The molecule has 33 heavy (non-hydrogen) atoms. The van der Waals surface area contributed by atoms with Crippen LogP contribution in [0.2, 0.25) is 10.0 Å². The number of halogens is 2. The summed E-state index contributed by atoms with van der Waals surface area (Å²) in [5.74, 6) is -2.03. The number of carboxylic acids is 1. The van der Waals surface area contributed by atoms with Crippen molar-refractivity contribution in [3.05, 3.63) is 87.4 Å². The number of carboxylic acid groups (broad SMARTS) is 1. The minimum absolute atomic E-state index is 0.116. The lowest BCUT2D eigenvalue weighted by Gasteiger charge is -2.33. The number of ether oxygens (including phenoxy) is 2. The molecule has 0 bridgehead atoms. The van der Waals surface area contributed by atoms with E-state index in [4.69, 9.17) is 32.7 Å². The van der Waals surface area contributed by atoms with E-state index < -0.39 is 17.4 Å². The first-order valence-corrected chi connectivity index (χ1v) is 10.5. The van der Waals surface area contributed by atoms with Gasteiger partial charge in [-0.25, -0.2) is 4.79 Å². The summed E-state index contributed by atoms with van der Waals surface area (Å²) in [5.41, 5.74) is -1.45. The fourth-order valence-corrected chi connectivity index (χ4v) is 4.29. The summed E-state index contributed by atoms with van der Waals surface area (Å²) in [4.78, 5) is 26.3. The molecule has 0 spiro atoms. The van der Waals surface area contributed by atoms with Crippen LogP contribution in [0.25, 0.3) is 0 Å². The van der Waals surface area contributed by atoms with Gasteiger partial charge in [-0.05, 0) is 29.8 Å². The van der Waals surface area contributed by atoms with E-state index >= 15 is 0 Å². The number of amides is 1. The first-order chi connectivity index (χ1) is 15.7. The molecule has 3 N–H and O–H groups in total. The summed E-state index contributed by atoms with van der Waals surface area (Å²) in [6, 6.07) is 15.9. The summed E-state index contributed by atoms with van der Waals surface area (Å²) in [5, 5.41) is 22.6. The third kappa shape index (κ3) is 4.84. The maximum atomic E-state index is 13.4. The molecule has 172 valence electrons. The van der Waals surface area contributed by atoms with Crippen LogP contribution in [0, 0.1) is 0 Å². The van der Waals surface area contributed by atoms with Crippen LogP contribution in [0.4, 0.5) is 0 Å². The van der Waals surface area contributed by atoms with Crippen LogP contribution in [0.5, 0.6) is 17.2 Å². The van der Waals surface area contributed by atoms with Crippen molar-refractivity contribution in [3.8, 4) is 17.2 Å². The molecule has 7 nitrogen and oxygen atoms in total. The number of hydrogen-bond acceptors (Lipinski definition) is 5. The molecule has 0 saturated carbocycles. The van der Waals surface area contributed by atoms with Crippen LogP contribution in [0.1, 0.15) is 21.5 Å². The predicted molar refractivity (Wildman–Crippen MR) is 125 cm³/mol. The summed E-state index contributed by atoms with van der Waals surface area (Å²) in [7, 11) is 2.78. The molecule has 3 aromatic carbocycles. The summed E-state index contributed by atoms with van der Waals surface area (Å²) < 4.78 is 10.9. The molecular weight excluding hydrogens is 469 g/mol. The minimum atomic E-state index is -2.03. The van der Waals surface area contributed by atoms with E-state index in [1.165, 1.54) is 14.2 Å². The molecule has 0 aliphatic carbocycles. The van der Waals surface area contributed by atoms with E-state index in [9.17, 15) is 19.8 Å². The Bertz CT molecular complexity index is 1140. The molecule has 1 amide bonds. The zero-order chi connectivity index (χ0) is 24.2. The standard InChI is InChI=1S/C24H21Cl2NO6/c1-32-18-9-6-10-19(33-2)21(18)24(23(30)31,13-14-7-4-3-5-8-14)27-22(29)20-16(25)11-15(28)12-17(20)26/h3-12,28H,13H2,1-2H3,(H,27,29)(H,30,31)/t24-/m1/s1. The number of hydrogen-bond donors (Lipinski definition) is 3. The van der Waals surface area contributed by atoms with Crippen molar-refractivity contribution in [2.75, 3.05) is 14.2 Å². The van der Waals surface area contributed by atoms with Gasteiger partial charge in [0.2, 0.25) is 0 Å². The molecule has 0 fully saturated rings. The predicted octanol–water partition coefficient (Wildman–Crippen LogP) is 4.67. The maximum Gasteiger partial charge on any atom is 0.334 e. The second kappa shape index (κ2) is 10.0. The van der Waals surface area contributed by atoms with E-state index in [1.807, 2.05) is 0 Å². The van der Waals surface area contributed by atoms with Crippen molar-refractivity contribution in [2.24, 2.45) is 0 Å². The highest BCUT2D eigenvalue weighted by Gasteiger charge is 2.47. The van der Waals surface area contributed by atoms with Gasteiger partial charge in [0.25, 0.3) is 5.91 Å². The Labute approximate surface area is 200 Å². The number of aromatic hydroxyl groups is 1. The van der Waals surface area contributed by atoms with Crippen molar-refractivity contribution in [2.45, 2.75) is 12.0 Å². The quantitative estimate of drug-likeness (QED) is 0.424. The van der Waals surface area contributed by atoms with Crippen molar-refractivity contribution in [3.63, 3.8) is 0 Å². The van der Waals surface area contributed by atoms with Crippen molar-refractivity contribution >= 4 is 35.1 Å². The fraction of sp³-hybridized carbons (Fsp3) is 0.167. The number of benzene rings is 3. The maximum absolute atomic E-state index is 13.4. The number of phenols is 1. The monoisotopic (exact) mass is 489 g/mol. The van der Waals surface area contributed by atoms with E-state index in [1.54, 1.807) is 48.5 Å². The molecule has 0 radical (unpaired) electrons. The molecule has 0 saturated heterocycles. The fourth-order valence-electron chi connectivity index (χ4n) is 3.64. The number of carbonyl (C=O) groups is 2. The lowest BCUT2D eigenvalue weighted by molar-refractivity contribution is -0.145. The average Bonchev–Trinajstić information content (AvgIpc) is 2.77. The van der Waals surface area contributed by atoms with Gasteiger partial charge in [-0.1, -0.05) is 59.6 Å². The van der Waals surface area contributed by atoms with Crippen LogP contribution < -0.4 is 14.8 Å². The second-order valence-electron chi connectivity index (χ2n) is 7.15. The van der Waals surface area contributed by atoms with Crippen LogP contribution >= 0.6 is 23.2 Å². The van der Waals surface area contributed by atoms with Gasteiger partial charge in [-0.3, -0.25) is 4.79 Å². The average molecular weight is 490 g/mol. The zero-order valence-electron chi connectivity index (χ0n) is 17.8. The van der Waals surface area contributed by atoms with E-state index in [0.29, 0.717) is 5.56 Å². The van der Waals surface area contributed by atoms with E-state index in [0.717, 1.165) is 12.1 Å². The number of aliphatic carboxylic acids is 1. The zero-order valence-corrected chi connectivity index (χ0v) is 19.3. The third-order valence-electron chi connectivity index (χ3n) is 5.11. The van der Waals surface area contributed by atoms with Crippen molar-refractivity contribution in [1.29, 1.82) is 0 Å². The highest BCUT2D eigenvalue weighted by atomic mass is 35.5. The highest BCUT2D eigenvalue weighted by Crippen LogP contribution is 2.41. The third-order valence-corrected chi connectivity index (χ3v) is 5.71. The Morgan fingerprint density at radius 2 is 1.48 bits per heavy atom. The molecule has 0 aliphatic heterocycles. The number of carbonyl (C=O) groups excluding carboxylic acids is 1. The Balaban J connectivity index is 2.26. The molecule has 0 unspecified atom stereocenters. The number of nitrogens with one attached hydrogen (secondary N) is 1. The molecule has 0 aromatic heterocycles. The molecular formula is C24H21Cl2NO6. The normalized spacial score (nSPS) is 12.5. The smallest absolute Gasteiger partial charge is 0.334 e. The summed E-state index contributed by atoms with van der Waals surface area (Å²) in [6.07, 6.45) is -0.140. The Morgan fingerprint density at radius 3 is 1.97 bits per heavy atom. The van der Waals surface area contributed by atoms with Gasteiger partial charge in [0.05, 0.1) is 35.4 Å². The summed E-state index contributed by atoms with van der Waals surface area (Å²) in [6.45, 7) is 0. The second-order valence-corrected chi connectivity index (χ2v) is 7.96. The molecule has 0 heterocycles. The van der Waals surface area contributed by atoms with Crippen molar-refractivity contribution < 1.29 is 29.3 Å². The van der Waals surface area contributed by atoms with Crippen LogP contribution in [-0.2, 0) is 16.8 Å². The van der Waals surface area contributed by atoms with Gasteiger partial charge in [0.15, 0.2) is 5.54 Å². The Kier molecular flexibility index (Phi) is 7.36. The first-order valence-electron chi connectivity index (χ1n) is 9.72. The largest absolute Gasteiger partial charge is 0.508 e. The molecule has 3 aromatic rings. The Morgan fingerprint density at radius 1 is 0.939 bits per heavy atom. The van der Waals surface area contributed by atoms with Crippen LogP contribution in [-0.4, -0.2) is 36.3 Å². The molecule has 1 atom stereocenters. The van der Waals surface area contributed by atoms with Gasteiger partial charge in [-0.2, -0.15) is 0 Å². The molecule has 0 aliphatic rings. The first kappa shape index (κ1) is 24.2. The lowest BCUT2D eigenvalue weighted by atomic mass is 9.82.